The number of carbonyl (C=O) groups is 1. The summed E-state index contributed by atoms with van der Waals surface area (Å²) >= 11 is 0. The van der Waals surface area contributed by atoms with E-state index in [4.69, 9.17) is 4.74 Å². The second-order valence-corrected chi connectivity index (χ2v) is 6.05. The second-order valence-electron chi connectivity index (χ2n) is 6.05. The highest BCUT2D eigenvalue weighted by molar-refractivity contribution is 5.78. The molecule has 94 valence electrons. The predicted molar refractivity (Wildman–Crippen MR) is 68.4 cm³/mol. The molecule has 0 aromatic rings. The van der Waals surface area contributed by atoms with Crippen molar-refractivity contribution in [3.8, 4) is 0 Å². The molecular formula is C15H22O2. The topological polar surface area (TPSA) is 26.3 Å². The first-order valence-electron chi connectivity index (χ1n) is 6.45. The summed E-state index contributed by atoms with van der Waals surface area (Å²) in [5, 5.41) is 0. The third-order valence-electron chi connectivity index (χ3n) is 3.91. The zero-order valence-electron chi connectivity index (χ0n) is 11.2. The number of allylic oxidation sites excluding steroid dienone is 3. The lowest BCUT2D eigenvalue weighted by atomic mass is 10.1. The van der Waals surface area contributed by atoms with Gasteiger partial charge in [-0.05, 0) is 44.1 Å². The Hall–Kier alpha value is -1.05. The van der Waals surface area contributed by atoms with Gasteiger partial charge in [0, 0.05) is 0 Å². The largest absolute Gasteiger partial charge is 0.458 e. The van der Waals surface area contributed by atoms with E-state index in [0.29, 0.717) is 5.92 Å². The summed E-state index contributed by atoms with van der Waals surface area (Å²) in [4.78, 5) is 12.1. The van der Waals surface area contributed by atoms with Crippen molar-refractivity contribution in [1.29, 1.82) is 0 Å². The van der Waals surface area contributed by atoms with Gasteiger partial charge in [0.15, 0.2) is 0 Å². The molecule has 3 unspecified atom stereocenters. The van der Waals surface area contributed by atoms with Crippen LogP contribution in [0.2, 0.25) is 0 Å². The Labute approximate surface area is 104 Å². The van der Waals surface area contributed by atoms with Crippen molar-refractivity contribution >= 4 is 5.97 Å². The minimum Gasteiger partial charge on any atom is -0.458 e. The average molecular weight is 234 g/mol. The summed E-state index contributed by atoms with van der Waals surface area (Å²) in [6, 6.07) is 0. The molecule has 2 heteroatoms. The molecule has 2 rings (SSSR count). The first kappa shape index (κ1) is 12.4. The Morgan fingerprint density at radius 1 is 1.41 bits per heavy atom. The standard InChI is InChI=1S/C15H22O2/c1-10(2)9-12-13(15(12,3)4)14(16)17-11-7-5-6-8-11/h5,7,9,11-13H,6,8H2,1-4H3. The van der Waals surface area contributed by atoms with E-state index in [1.54, 1.807) is 0 Å². The summed E-state index contributed by atoms with van der Waals surface area (Å²) in [5.41, 5.74) is 1.34. The predicted octanol–water partition coefficient (Wildman–Crippen LogP) is 3.49. The fourth-order valence-electron chi connectivity index (χ4n) is 2.72. The van der Waals surface area contributed by atoms with E-state index >= 15 is 0 Å². The van der Waals surface area contributed by atoms with E-state index in [9.17, 15) is 4.79 Å². The first-order valence-corrected chi connectivity index (χ1v) is 6.45. The Bertz CT molecular complexity index is 372. The SMILES string of the molecule is CC(C)=CC1C(C(=O)OC2C=CCC2)C1(C)C. The quantitative estimate of drug-likeness (QED) is 0.552. The van der Waals surface area contributed by atoms with Gasteiger partial charge in [0.2, 0.25) is 0 Å². The molecule has 1 saturated carbocycles. The zero-order valence-corrected chi connectivity index (χ0v) is 11.2. The molecule has 0 spiro atoms. The number of esters is 1. The monoisotopic (exact) mass is 234 g/mol. The van der Waals surface area contributed by atoms with Crippen LogP contribution in [0.15, 0.2) is 23.8 Å². The Balaban J connectivity index is 1.96. The van der Waals surface area contributed by atoms with Crippen LogP contribution in [0.1, 0.15) is 40.5 Å². The van der Waals surface area contributed by atoms with Crippen molar-refractivity contribution in [1.82, 2.24) is 0 Å². The fraction of sp³-hybridized carbons (Fsp3) is 0.667. The van der Waals surface area contributed by atoms with Crippen molar-refractivity contribution in [3.63, 3.8) is 0 Å². The van der Waals surface area contributed by atoms with E-state index in [2.05, 4.69) is 39.8 Å². The fourth-order valence-corrected chi connectivity index (χ4v) is 2.72. The van der Waals surface area contributed by atoms with Crippen LogP contribution in [0.25, 0.3) is 0 Å². The highest BCUT2D eigenvalue weighted by Crippen LogP contribution is 2.60. The summed E-state index contributed by atoms with van der Waals surface area (Å²) < 4.78 is 5.53. The van der Waals surface area contributed by atoms with Gasteiger partial charge in [0.1, 0.15) is 6.10 Å². The van der Waals surface area contributed by atoms with E-state index in [-0.39, 0.29) is 23.4 Å². The van der Waals surface area contributed by atoms with Crippen LogP contribution in [0.4, 0.5) is 0 Å². The number of hydrogen-bond donors (Lipinski definition) is 0. The van der Waals surface area contributed by atoms with Gasteiger partial charge in [0.05, 0.1) is 5.92 Å². The van der Waals surface area contributed by atoms with Crippen LogP contribution in [0.3, 0.4) is 0 Å². The minimum atomic E-state index is -0.0194. The number of hydrogen-bond acceptors (Lipinski definition) is 2. The van der Waals surface area contributed by atoms with E-state index in [1.165, 1.54) is 5.57 Å². The maximum atomic E-state index is 12.1. The molecule has 0 aromatic carbocycles. The van der Waals surface area contributed by atoms with Crippen LogP contribution >= 0.6 is 0 Å². The lowest BCUT2D eigenvalue weighted by molar-refractivity contribution is -0.149. The molecule has 0 heterocycles. The Morgan fingerprint density at radius 3 is 2.65 bits per heavy atom. The molecule has 2 aliphatic rings. The van der Waals surface area contributed by atoms with Crippen molar-refractivity contribution in [2.75, 3.05) is 0 Å². The van der Waals surface area contributed by atoms with Crippen LogP contribution in [0.5, 0.6) is 0 Å². The molecule has 0 aliphatic heterocycles. The van der Waals surface area contributed by atoms with Crippen LogP contribution < -0.4 is 0 Å². The van der Waals surface area contributed by atoms with Gasteiger partial charge in [-0.2, -0.15) is 0 Å². The molecule has 0 saturated heterocycles. The van der Waals surface area contributed by atoms with Crippen molar-refractivity contribution < 1.29 is 9.53 Å². The number of ether oxygens (including phenoxy) is 1. The molecule has 2 nitrogen and oxygen atoms in total. The highest BCUT2D eigenvalue weighted by atomic mass is 16.5. The van der Waals surface area contributed by atoms with Crippen LogP contribution in [-0.4, -0.2) is 12.1 Å². The van der Waals surface area contributed by atoms with Crippen molar-refractivity contribution in [3.05, 3.63) is 23.8 Å². The normalized spacial score (nSPS) is 33.3. The molecular weight excluding hydrogens is 212 g/mol. The smallest absolute Gasteiger partial charge is 0.310 e. The van der Waals surface area contributed by atoms with E-state index in [0.717, 1.165) is 12.8 Å². The average Bonchev–Trinajstić information content (AvgIpc) is 2.64. The van der Waals surface area contributed by atoms with Gasteiger partial charge in [0.25, 0.3) is 0 Å². The molecule has 0 amide bonds. The first-order chi connectivity index (χ1) is 7.93. The van der Waals surface area contributed by atoms with Gasteiger partial charge in [-0.15, -0.1) is 0 Å². The van der Waals surface area contributed by atoms with Crippen LogP contribution in [0, 0.1) is 17.3 Å². The lowest BCUT2D eigenvalue weighted by Crippen LogP contribution is -2.17. The van der Waals surface area contributed by atoms with Crippen LogP contribution in [-0.2, 0) is 9.53 Å². The molecule has 3 atom stereocenters. The van der Waals surface area contributed by atoms with Gasteiger partial charge >= 0.3 is 5.97 Å². The van der Waals surface area contributed by atoms with E-state index < -0.39 is 0 Å². The van der Waals surface area contributed by atoms with Crippen molar-refractivity contribution in [2.45, 2.75) is 46.6 Å². The zero-order chi connectivity index (χ0) is 12.6. The number of carbonyl (C=O) groups excluding carboxylic acids is 1. The second kappa shape index (κ2) is 4.32. The molecule has 1 fully saturated rings. The summed E-state index contributed by atoms with van der Waals surface area (Å²) in [6.45, 7) is 8.45. The summed E-state index contributed by atoms with van der Waals surface area (Å²) in [6.07, 6.45) is 8.30. The highest BCUT2D eigenvalue weighted by Gasteiger charge is 2.61. The maximum absolute atomic E-state index is 12.1. The van der Waals surface area contributed by atoms with Gasteiger partial charge in [-0.1, -0.05) is 31.6 Å². The molecule has 0 radical (unpaired) electrons. The lowest BCUT2D eigenvalue weighted by Gasteiger charge is -2.10. The molecule has 17 heavy (non-hydrogen) atoms. The van der Waals surface area contributed by atoms with Gasteiger partial charge in [-0.25, -0.2) is 0 Å². The summed E-state index contributed by atoms with van der Waals surface area (Å²) in [5.74, 6) is 0.380. The third-order valence-corrected chi connectivity index (χ3v) is 3.91. The Kier molecular flexibility index (Phi) is 3.15. The minimum absolute atomic E-state index is 0.0194. The van der Waals surface area contributed by atoms with Gasteiger partial charge < -0.3 is 4.74 Å². The molecule has 0 aromatic heterocycles. The third kappa shape index (κ3) is 2.46. The maximum Gasteiger partial charge on any atom is 0.310 e. The molecule has 0 N–H and O–H groups in total. The Morgan fingerprint density at radius 2 is 2.12 bits per heavy atom. The van der Waals surface area contributed by atoms with E-state index in [1.807, 2.05) is 6.08 Å². The number of rotatable bonds is 3. The van der Waals surface area contributed by atoms with Gasteiger partial charge in [-0.3, -0.25) is 4.79 Å². The van der Waals surface area contributed by atoms with Crippen molar-refractivity contribution in [2.24, 2.45) is 17.3 Å². The molecule has 0 bridgehead atoms. The molecule has 2 aliphatic carbocycles. The summed E-state index contributed by atoms with van der Waals surface area (Å²) in [7, 11) is 0.